The van der Waals surface area contributed by atoms with Crippen molar-refractivity contribution >= 4 is 22.8 Å². The molecule has 2 aromatic carbocycles. The molecule has 4 atom stereocenters. The van der Waals surface area contributed by atoms with E-state index in [1.54, 1.807) is 0 Å². The SMILES string of the molecule is C=C(/C=C\C(=C/C)C(C)(C)C)c1ccc(C2=CC=C(c3ccc(CC(C)CC)c(C)c3/C=C(\C)CCC)C[C@H]2CC)cc1C(C)C(C)CCCCCCCC.C=C/C=C(\C)C(C)(C)C.CCCC.CCCCCCCCC. The Morgan fingerprint density at radius 3 is 1.73 bits per heavy atom. The summed E-state index contributed by atoms with van der Waals surface area (Å²) in [6, 6.07) is 12.2. The summed E-state index contributed by atoms with van der Waals surface area (Å²) < 4.78 is 0. The zero-order valence-electron chi connectivity index (χ0n) is 55.3. The van der Waals surface area contributed by atoms with Crippen LogP contribution in [-0.2, 0) is 6.42 Å². The van der Waals surface area contributed by atoms with Gasteiger partial charge in [0.25, 0.3) is 0 Å². The van der Waals surface area contributed by atoms with Gasteiger partial charge in [0, 0.05) is 0 Å². The molecule has 0 saturated carbocycles. The highest BCUT2D eigenvalue weighted by Gasteiger charge is 2.25. The fraction of sp³-hybridized carbons (Fsp3) is 0.636. The van der Waals surface area contributed by atoms with E-state index in [1.807, 2.05) is 6.08 Å². The molecule has 436 valence electrons. The molecular formula is C77H128. The minimum atomic E-state index is 0.103. The van der Waals surface area contributed by atoms with Crippen LogP contribution in [0.5, 0.6) is 0 Å². The normalized spacial score (nSPS) is 15.5. The summed E-state index contributed by atoms with van der Waals surface area (Å²) in [6.45, 7) is 56.3. The van der Waals surface area contributed by atoms with Crippen molar-refractivity contribution < 1.29 is 0 Å². The number of allylic oxidation sites excluding steroid dienone is 13. The van der Waals surface area contributed by atoms with Gasteiger partial charge in [0.1, 0.15) is 0 Å². The van der Waals surface area contributed by atoms with E-state index in [1.165, 1.54) is 182 Å². The van der Waals surface area contributed by atoms with Crippen LogP contribution in [0.25, 0.3) is 22.8 Å². The molecule has 0 heteroatoms. The Balaban J connectivity index is 0.00000218. The zero-order valence-corrected chi connectivity index (χ0v) is 55.3. The molecule has 0 aliphatic heterocycles. The molecule has 0 fully saturated rings. The van der Waals surface area contributed by atoms with Crippen molar-refractivity contribution in [3.05, 3.63) is 142 Å². The van der Waals surface area contributed by atoms with Crippen LogP contribution in [0.15, 0.2) is 103 Å². The molecule has 3 unspecified atom stereocenters. The van der Waals surface area contributed by atoms with E-state index in [4.69, 9.17) is 0 Å². The lowest BCUT2D eigenvalue weighted by Crippen LogP contribution is -2.12. The van der Waals surface area contributed by atoms with Gasteiger partial charge in [0.05, 0.1) is 0 Å². The Hall–Kier alpha value is -3.64. The maximum Gasteiger partial charge on any atom is -0.0118 e. The van der Waals surface area contributed by atoms with Crippen molar-refractivity contribution in [1.82, 2.24) is 0 Å². The van der Waals surface area contributed by atoms with Crippen molar-refractivity contribution in [3.63, 3.8) is 0 Å². The summed E-state index contributed by atoms with van der Waals surface area (Å²) in [7, 11) is 0. The molecule has 0 aromatic heterocycles. The van der Waals surface area contributed by atoms with E-state index in [0.717, 1.165) is 31.3 Å². The van der Waals surface area contributed by atoms with Crippen LogP contribution in [0.4, 0.5) is 0 Å². The summed E-state index contributed by atoms with van der Waals surface area (Å²) in [5, 5.41) is 0. The minimum Gasteiger partial charge on any atom is -0.0991 e. The molecule has 0 radical (unpaired) electrons. The monoisotopic (exact) mass is 1050 g/mol. The maximum absolute atomic E-state index is 4.67. The van der Waals surface area contributed by atoms with Crippen LogP contribution in [-0.4, -0.2) is 0 Å². The molecule has 1 aliphatic rings. The highest BCUT2D eigenvalue weighted by atomic mass is 14.3. The molecule has 0 spiro atoms. The fourth-order valence-corrected chi connectivity index (χ4v) is 10.1. The molecule has 0 N–H and O–H groups in total. The van der Waals surface area contributed by atoms with Crippen LogP contribution in [0.1, 0.15) is 318 Å². The predicted octanol–water partition coefficient (Wildman–Crippen LogP) is 26.5. The molecule has 77 heavy (non-hydrogen) atoms. The smallest absolute Gasteiger partial charge is 0.0118 e. The largest absolute Gasteiger partial charge is 0.0991 e. The van der Waals surface area contributed by atoms with Crippen LogP contribution in [0.2, 0.25) is 0 Å². The summed E-state index contributed by atoms with van der Waals surface area (Å²) in [4.78, 5) is 0. The van der Waals surface area contributed by atoms with E-state index in [-0.39, 0.29) is 5.41 Å². The third-order valence-corrected chi connectivity index (χ3v) is 16.6. The summed E-state index contributed by atoms with van der Waals surface area (Å²) >= 11 is 0. The van der Waals surface area contributed by atoms with Crippen LogP contribution >= 0.6 is 0 Å². The second-order valence-electron chi connectivity index (χ2n) is 25.5. The van der Waals surface area contributed by atoms with Crippen LogP contribution in [0, 0.1) is 35.5 Å². The Labute approximate surface area is 483 Å². The van der Waals surface area contributed by atoms with E-state index < -0.39 is 0 Å². The van der Waals surface area contributed by atoms with Gasteiger partial charge >= 0.3 is 0 Å². The van der Waals surface area contributed by atoms with E-state index in [2.05, 4.69) is 231 Å². The number of unbranched alkanes of at least 4 members (excludes halogenated alkanes) is 12. The summed E-state index contributed by atoms with van der Waals surface area (Å²) in [6.07, 6.45) is 47.1. The summed E-state index contributed by atoms with van der Waals surface area (Å²) in [5.74, 6) is 2.24. The molecule has 0 amide bonds. The second kappa shape index (κ2) is 41.4. The second-order valence-corrected chi connectivity index (χ2v) is 25.5. The topological polar surface area (TPSA) is 0 Å². The van der Waals surface area contributed by atoms with Crippen molar-refractivity contribution in [2.75, 3.05) is 0 Å². The van der Waals surface area contributed by atoms with Crippen LogP contribution < -0.4 is 0 Å². The zero-order chi connectivity index (χ0) is 58.6. The van der Waals surface area contributed by atoms with E-state index in [0.29, 0.717) is 29.1 Å². The fourth-order valence-electron chi connectivity index (χ4n) is 10.1. The molecule has 1 aliphatic carbocycles. The highest BCUT2D eigenvalue weighted by Crippen LogP contribution is 2.43. The Morgan fingerprint density at radius 2 is 1.26 bits per heavy atom. The van der Waals surface area contributed by atoms with Gasteiger partial charge in [-0.3, -0.25) is 0 Å². The molecule has 2 aromatic rings. The quantitative estimate of drug-likeness (QED) is 0.0563. The first-order chi connectivity index (χ1) is 36.5. The first-order valence-corrected chi connectivity index (χ1v) is 32.2. The van der Waals surface area contributed by atoms with Gasteiger partial charge < -0.3 is 0 Å². The van der Waals surface area contributed by atoms with Gasteiger partial charge in [-0.05, 0) is 149 Å². The Bertz CT molecular complexity index is 2110. The lowest BCUT2D eigenvalue weighted by molar-refractivity contribution is 0.425. The van der Waals surface area contributed by atoms with Crippen molar-refractivity contribution in [1.29, 1.82) is 0 Å². The van der Waals surface area contributed by atoms with Gasteiger partial charge in [-0.25, -0.2) is 0 Å². The maximum atomic E-state index is 4.67. The molecule has 3 rings (SSSR count). The van der Waals surface area contributed by atoms with Gasteiger partial charge in [-0.1, -0.05) is 337 Å². The summed E-state index contributed by atoms with van der Waals surface area (Å²) in [5.41, 5.74) is 18.7. The Kier molecular flexibility index (Phi) is 39.4. The molecular weight excluding hydrogens is 925 g/mol. The van der Waals surface area contributed by atoms with Crippen molar-refractivity contribution in [2.45, 2.75) is 293 Å². The van der Waals surface area contributed by atoms with E-state index in [9.17, 15) is 0 Å². The standard InChI is InChI=1S/C55H82.C9H16.C9H20.C4H10/c1-15-20-21-22-23-24-26-41(8)43(10)54-38-48(29-32-50(54)42(9)27-31-49(19-5)55(12,13)14)51-33-30-47(37-45(51)18-4)52-34-28-46(35-39(6)17-3)44(11)53(52)36-40(7)25-16-2;1-6-7-8(2)9(3,4)5;1-3-5-7-9-8-6-4-2;1-3-4-2/h19,27-34,36,38-39,41,43,45H,9,15-18,20-26,35,37H2,1-8,10-14H3;6-7H,1H2,2-5H3;3-9H2,1-2H3;3-4H2,1-2H3/b31-27-,40-36+,49-19+;8-7+;;/t39?,41?,43?,45-;;;/m1.../s1. The lowest BCUT2D eigenvalue weighted by Gasteiger charge is -2.29. The average Bonchev–Trinajstić information content (AvgIpc) is 3.40. The van der Waals surface area contributed by atoms with Gasteiger partial charge in [-0.2, -0.15) is 0 Å². The number of rotatable bonds is 29. The lowest BCUT2D eigenvalue weighted by atomic mass is 9.76. The first-order valence-electron chi connectivity index (χ1n) is 32.2. The molecule has 0 heterocycles. The van der Waals surface area contributed by atoms with Crippen molar-refractivity contribution in [2.24, 2.45) is 28.6 Å². The van der Waals surface area contributed by atoms with Gasteiger partial charge in [0.15, 0.2) is 0 Å². The third-order valence-electron chi connectivity index (χ3n) is 16.6. The molecule has 0 bridgehead atoms. The van der Waals surface area contributed by atoms with Gasteiger partial charge in [0.2, 0.25) is 0 Å². The highest BCUT2D eigenvalue weighted by molar-refractivity contribution is 5.85. The third kappa shape index (κ3) is 28.9. The minimum absolute atomic E-state index is 0.103. The molecule has 0 nitrogen and oxygen atoms in total. The van der Waals surface area contributed by atoms with Crippen LogP contribution in [0.3, 0.4) is 0 Å². The van der Waals surface area contributed by atoms with Crippen molar-refractivity contribution in [3.8, 4) is 0 Å². The predicted molar refractivity (Wildman–Crippen MR) is 358 cm³/mol. The number of hydrogen-bond acceptors (Lipinski definition) is 0. The van der Waals surface area contributed by atoms with E-state index >= 15 is 0 Å². The number of benzene rings is 2. The Morgan fingerprint density at radius 1 is 0.688 bits per heavy atom. The van der Waals surface area contributed by atoms with Gasteiger partial charge in [-0.15, -0.1) is 0 Å². The average molecular weight is 1050 g/mol. The first kappa shape index (κ1) is 73.4. The number of hydrogen-bond donors (Lipinski definition) is 0. The molecule has 0 saturated heterocycles.